The Kier molecular flexibility index (Phi) is 5.29. The number of hydrogen-bond acceptors (Lipinski definition) is 6. The zero-order valence-electron chi connectivity index (χ0n) is 19.6. The van der Waals surface area contributed by atoms with Crippen molar-refractivity contribution in [3.05, 3.63) is 112 Å². The predicted octanol–water partition coefficient (Wildman–Crippen LogP) is 5.29. The van der Waals surface area contributed by atoms with Crippen LogP contribution in [0.4, 0.5) is 0 Å². The van der Waals surface area contributed by atoms with Crippen molar-refractivity contribution < 1.29 is 9.53 Å². The number of nitrogens with zero attached hydrogens (tertiary/aromatic N) is 4. The number of nitriles is 1. The summed E-state index contributed by atoms with van der Waals surface area (Å²) in [6, 6.07) is 20.8. The highest BCUT2D eigenvalue weighted by Crippen LogP contribution is 2.49. The highest BCUT2D eigenvalue weighted by Gasteiger charge is 2.39. The van der Waals surface area contributed by atoms with Gasteiger partial charge in [0.25, 0.3) is 5.91 Å². The first-order valence-corrected chi connectivity index (χ1v) is 11.8. The minimum atomic E-state index is -0.657. The largest absolute Gasteiger partial charge is 0.422 e. The number of pyridine rings is 1. The fourth-order valence-electron chi connectivity index (χ4n) is 4.87. The normalized spacial score (nSPS) is 14.8. The third-order valence-corrected chi connectivity index (χ3v) is 6.74. The maximum absolute atomic E-state index is 13.4. The van der Waals surface area contributed by atoms with E-state index in [-0.39, 0.29) is 17.3 Å². The second kappa shape index (κ2) is 8.66. The number of carbonyl (C=O) groups excluding carboxylic acids is 1. The quantitative estimate of drug-likeness (QED) is 0.342. The Bertz CT molecular complexity index is 1760. The fourth-order valence-corrected chi connectivity index (χ4v) is 5.05. The molecule has 2 aromatic carbocycles. The number of allylic oxidation sites excluding steroid dienone is 1. The second-order valence-corrected chi connectivity index (χ2v) is 9.09. The lowest BCUT2D eigenvalue weighted by atomic mass is 9.81. The molecule has 6 rings (SSSR count). The molecular formula is C28H19ClN6O2. The van der Waals surface area contributed by atoms with Gasteiger partial charge in [-0.1, -0.05) is 41.9 Å². The fraction of sp³-hybridized carbons (Fsp3) is 0.0714. The van der Waals surface area contributed by atoms with Crippen LogP contribution in [-0.2, 0) is 0 Å². The summed E-state index contributed by atoms with van der Waals surface area (Å²) in [7, 11) is 0. The number of halogens is 1. The number of H-pyrrole nitrogens is 1. The van der Waals surface area contributed by atoms with E-state index in [1.54, 1.807) is 25.1 Å². The Hall–Kier alpha value is -4.87. The number of aromatic amines is 1. The lowest BCUT2D eigenvalue weighted by Crippen LogP contribution is -2.24. The zero-order valence-corrected chi connectivity index (χ0v) is 20.3. The van der Waals surface area contributed by atoms with Gasteiger partial charge in [0.15, 0.2) is 0 Å². The maximum atomic E-state index is 13.4. The van der Waals surface area contributed by atoms with Gasteiger partial charge in [0.1, 0.15) is 11.6 Å². The molecule has 0 fully saturated rings. The molecule has 0 bridgehead atoms. The monoisotopic (exact) mass is 506 g/mol. The number of benzene rings is 2. The average molecular weight is 507 g/mol. The molecule has 3 aromatic heterocycles. The smallest absolute Gasteiger partial charge is 0.281 e. The van der Waals surface area contributed by atoms with Crippen LogP contribution in [0.5, 0.6) is 5.88 Å². The van der Waals surface area contributed by atoms with E-state index in [2.05, 4.69) is 21.1 Å². The summed E-state index contributed by atoms with van der Waals surface area (Å²) in [6.07, 6.45) is 3.06. The highest BCUT2D eigenvalue weighted by molar-refractivity contribution is 6.31. The van der Waals surface area contributed by atoms with Gasteiger partial charge in [-0.3, -0.25) is 9.78 Å². The van der Waals surface area contributed by atoms with E-state index in [1.807, 2.05) is 42.5 Å². The molecule has 0 aliphatic carbocycles. The minimum absolute atomic E-state index is 0.0842. The summed E-state index contributed by atoms with van der Waals surface area (Å²) in [5.41, 5.74) is 11.4. The van der Waals surface area contributed by atoms with Crippen molar-refractivity contribution in [3.63, 3.8) is 0 Å². The standard InChI is InChI=1S/C28H19ClN6O2/c1-15-22-23(24-19-13-18(29)7-8-21(19)33-25(24)16-5-3-2-4-6-16)20(14-30)26(31)37-28(22)35(34-15)27(36)17-9-11-32-12-10-17/h2-13,23,33H,31H2,1H3. The van der Waals surface area contributed by atoms with E-state index in [9.17, 15) is 10.1 Å². The number of fused-ring (bicyclic) bond motifs is 2. The van der Waals surface area contributed by atoms with Gasteiger partial charge in [-0.05, 0) is 48.4 Å². The Morgan fingerprint density at radius 3 is 2.62 bits per heavy atom. The van der Waals surface area contributed by atoms with Crippen molar-refractivity contribution in [2.24, 2.45) is 5.73 Å². The average Bonchev–Trinajstić information content (AvgIpc) is 3.45. The summed E-state index contributed by atoms with van der Waals surface area (Å²) in [4.78, 5) is 20.8. The highest BCUT2D eigenvalue weighted by atomic mass is 35.5. The van der Waals surface area contributed by atoms with E-state index in [1.165, 1.54) is 17.1 Å². The van der Waals surface area contributed by atoms with Crippen LogP contribution in [0.2, 0.25) is 5.02 Å². The van der Waals surface area contributed by atoms with Crippen molar-refractivity contribution in [2.45, 2.75) is 12.8 Å². The van der Waals surface area contributed by atoms with Crippen LogP contribution >= 0.6 is 11.6 Å². The molecule has 1 aliphatic rings. The van der Waals surface area contributed by atoms with Gasteiger partial charge < -0.3 is 15.5 Å². The van der Waals surface area contributed by atoms with Crippen LogP contribution in [0.3, 0.4) is 0 Å². The summed E-state index contributed by atoms with van der Waals surface area (Å²) >= 11 is 6.42. The van der Waals surface area contributed by atoms with Gasteiger partial charge in [-0.15, -0.1) is 0 Å². The van der Waals surface area contributed by atoms with E-state index in [4.69, 9.17) is 22.1 Å². The molecule has 8 nitrogen and oxygen atoms in total. The van der Waals surface area contributed by atoms with Crippen LogP contribution in [-0.4, -0.2) is 25.7 Å². The Balaban J connectivity index is 1.66. The number of carbonyl (C=O) groups is 1. The van der Waals surface area contributed by atoms with Gasteiger partial charge in [0.2, 0.25) is 11.8 Å². The first-order chi connectivity index (χ1) is 18.0. The van der Waals surface area contributed by atoms with Crippen LogP contribution in [0, 0.1) is 18.3 Å². The SMILES string of the molecule is Cc1nn(C(=O)c2ccncc2)c2c1C(c1c(-c3ccccc3)[nH]c3ccc(Cl)cc13)C(C#N)=C(N)O2. The lowest BCUT2D eigenvalue weighted by molar-refractivity contribution is 0.0933. The van der Waals surface area contributed by atoms with E-state index in [0.29, 0.717) is 21.8 Å². The minimum Gasteiger partial charge on any atom is -0.422 e. The van der Waals surface area contributed by atoms with Gasteiger partial charge >= 0.3 is 0 Å². The summed E-state index contributed by atoms with van der Waals surface area (Å²) < 4.78 is 7.09. The third-order valence-electron chi connectivity index (χ3n) is 6.50. The molecule has 0 amide bonds. The van der Waals surface area contributed by atoms with Crippen molar-refractivity contribution in [1.82, 2.24) is 19.7 Å². The van der Waals surface area contributed by atoms with E-state index < -0.39 is 11.8 Å². The summed E-state index contributed by atoms with van der Waals surface area (Å²) in [6.45, 7) is 1.78. The lowest BCUT2D eigenvalue weighted by Gasteiger charge is -2.25. The molecule has 4 heterocycles. The maximum Gasteiger partial charge on any atom is 0.281 e. The van der Waals surface area contributed by atoms with Crippen LogP contribution in [0.1, 0.15) is 33.1 Å². The first kappa shape index (κ1) is 22.6. The number of aromatic nitrogens is 4. The first-order valence-electron chi connectivity index (χ1n) is 11.5. The number of aryl methyl sites for hydroxylation is 1. The van der Waals surface area contributed by atoms with E-state index in [0.717, 1.165) is 27.7 Å². The third kappa shape index (κ3) is 3.56. The van der Waals surface area contributed by atoms with Crippen LogP contribution in [0.15, 0.2) is 84.5 Å². The molecular weight excluding hydrogens is 488 g/mol. The topological polar surface area (TPSA) is 123 Å². The molecule has 3 N–H and O–H groups in total. The number of ether oxygens (including phenoxy) is 1. The van der Waals surface area contributed by atoms with Gasteiger partial charge in [0.05, 0.1) is 22.9 Å². The van der Waals surface area contributed by atoms with Crippen LogP contribution in [0.25, 0.3) is 22.2 Å². The van der Waals surface area contributed by atoms with E-state index >= 15 is 0 Å². The number of nitrogens with one attached hydrogen (secondary N) is 1. The van der Waals surface area contributed by atoms with Crippen molar-refractivity contribution in [1.29, 1.82) is 5.26 Å². The molecule has 1 aliphatic heterocycles. The zero-order chi connectivity index (χ0) is 25.7. The molecule has 1 atom stereocenters. The van der Waals surface area contributed by atoms with Crippen molar-refractivity contribution in [2.75, 3.05) is 0 Å². The molecule has 180 valence electrons. The summed E-state index contributed by atoms with van der Waals surface area (Å²) in [5.74, 6) is -0.964. The van der Waals surface area contributed by atoms with Crippen molar-refractivity contribution >= 4 is 28.4 Å². The molecule has 1 unspecified atom stereocenters. The summed E-state index contributed by atoms with van der Waals surface area (Å²) in [5, 5.41) is 16.1. The van der Waals surface area contributed by atoms with Gasteiger partial charge in [-0.2, -0.15) is 15.0 Å². The molecule has 0 saturated carbocycles. The second-order valence-electron chi connectivity index (χ2n) is 8.65. The molecule has 5 aromatic rings. The Labute approximate surface area is 216 Å². The Morgan fingerprint density at radius 2 is 1.89 bits per heavy atom. The van der Waals surface area contributed by atoms with Crippen molar-refractivity contribution in [3.8, 4) is 23.2 Å². The molecule has 0 radical (unpaired) electrons. The number of hydrogen-bond donors (Lipinski definition) is 2. The molecule has 0 spiro atoms. The molecule has 9 heteroatoms. The Morgan fingerprint density at radius 1 is 1.14 bits per heavy atom. The van der Waals surface area contributed by atoms with Crippen LogP contribution < -0.4 is 10.5 Å². The van der Waals surface area contributed by atoms with Gasteiger partial charge in [-0.25, -0.2) is 0 Å². The number of nitrogens with two attached hydrogens (primary N) is 1. The predicted molar refractivity (Wildman–Crippen MR) is 139 cm³/mol. The molecule has 37 heavy (non-hydrogen) atoms. The molecule has 0 saturated heterocycles. The van der Waals surface area contributed by atoms with Gasteiger partial charge in [0, 0.05) is 33.9 Å². The number of rotatable bonds is 3.